The highest BCUT2D eigenvalue weighted by molar-refractivity contribution is 7.90. The monoisotopic (exact) mass is 315 g/mol. The van der Waals surface area contributed by atoms with E-state index >= 15 is 0 Å². The second-order valence-corrected chi connectivity index (χ2v) is 7.11. The first-order chi connectivity index (χ1) is 9.41. The number of alkyl halides is 1. The molecule has 1 aromatic rings. The van der Waals surface area contributed by atoms with Gasteiger partial charge in [0.2, 0.25) is 0 Å². The van der Waals surface area contributed by atoms with Crippen molar-refractivity contribution in [2.75, 3.05) is 30.1 Å². The molecule has 0 aromatic heterocycles. The van der Waals surface area contributed by atoms with Gasteiger partial charge < -0.3 is 10.6 Å². The molecule has 1 aromatic carbocycles. The van der Waals surface area contributed by atoms with Gasteiger partial charge in [-0.3, -0.25) is 0 Å². The summed E-state index contributed by atoms with van der Waals surface area (Å²) in [5, 5.41) is 0. The highest BCUT2D eigenvalue weighted by atomic mass is 35.5. The van der Waals surface area contributed by atoms with E-state index in [1.165, 1.54) is 6.26 Å². The molecule has 7 heteroatoms. The van der Waals surface area contributed by atoms with Crippen molar-refractivity contribution in [2.45, 2.75) is 17.7 Å². The van der Waals surface area contributed by atoms with Crippen molar-refractivity contribution in [2.24, 2.45) is 10.7 Å². The van der Waals surface area contributed by atoms with Crippen LogP contribution < -0.4 is 10.6 Å². The molecule has 1 fully saturated rings. The minimum atomic E-state index is -3.27. The summed E-state index contributed by atoms with van der Waals surface area (Å²) in [6.07, 6.45) is 3.36. The first-order valence-corrected chi connectivity index (χ1v) is 8.82. The minimum Gasteiger partial charge on any atom is -0.386 e. The van der Waals surface area contributed by atoms with Crippen LogP contribution in [0.25, 0.3) is 0 Å². The zero-order valence-corrected chi connectivity index (χ0v) is 12.9. The Kier molecular flexibility index (Phi) is 4.55. The summed E-state index contributed by atoms with van der Waals surface area (Å²) in [7, 11) is -3.27. The smallest absolute Gasteiger partial charge is 0.177 e. The number of halogens is 1. The number of sulfone groups is 1. The van der Waals surface area contributed by atoms with Crippen LogP contribution in [-0.4, -0.2) is 39.5 Å². The molecule has 2 rings (SSSR count). The van der Waals surface area contributed by atoms with Gasteiger partial charge >= 0.3 is 0 Å². The number of nitrogens with zero attached hydrogens (tertiary/aromatic N) is 2. The molecule has 1 aliphatic heterocycles. The molecule has 1 aliphatic rings. The third-order valence-electron chi connectivity index (χ3n) is 3.20. The SMILES string of the molecule is CS(=O)(=O)c1ccc(N=C(N)CCl)cc1N1CCCC1. The molecule has 0 radical (unpaired) electrons. The average Bonchev–Trinajstić information content (AvgIpc) is 2.91. The molecule has 2 N–H and O–H groups in total. The Labute approximate surface area is 124 Å². The van der Waals surface area contributed by atoms with Crippen molar-refractivity contribution in [3.63, 3.8) is 0 Å². The van der Waals surface area contributed by atoms with Gasteiger partial charge in [0.1, 0.15) is 5.84 Å². The van der Waals surface area contributed by atoms with Gasteiger partial charge in [0.15, 0.2) is 9.84 Å². The summed E-state index contributed by atoms with van der Waals surface area (Å²) in [5.74, 6) is 0.457. The highest BCUT2D eigenvalue weighted by Gasteiger charge is 2.21. The number of hydrogen-bond donors (Lipinski definition) is 1. The summed E-state index contributed by atoms with van der Waals surface area (Å²) in [6.45, 7) is 1.72. The molecule has 0 atom stereocenters. The molecule has 0 amide bonds. The number of amidine groups is 1. The van der Waals surface area contributed by atoms with Crippen LogP contribution in [0.15, 0.2) is 28.1 Å². The Morgan fingerprint density at radius 1 is 1.40 bits per heavy atom. The van der Waals surface area contributed by atoms with Gasteiger partial charge in [-0.05, 0) is 31.0 Å². The second kappa shape index (κ2) is 6.01. The zero-order chi connectivity index (χ0) is 14.8. The molecular formula is C13H18ClN3O2S. The van der Waals surface area contributed by atoms with Crippen LogP contribution in [0.2, 0.25) is 0 Å². The van der Waals surface area contributed by atoms with Crippen molar-refractivity contribution < 1.29 is 8.42 Å². The topological polar surface area (TPSA) is 75.8 Å². The number of rotatable bonds is 4. The predicted octanol–water partition coefficient (Wildman–Crippen LogP) is 1.92. The van der Waals surface area contributed by atoms with Crippen molar-refractivity contribution >= 4 is 38.6 Å². The van der Waals surface area contributed by atoms with Gasteiger partial charge in [0.25, 0.3) is 0 Å². The molecule has 1 heterocycles. The third kappa shape index (κ3) is 3.43. The van der Waals surface area contributed by atoms with Crippen molar-refractivity contribution in [3.05, 3.63) is 18.2 Å². The maximum atomic E-state index is 11.9. The summed E-state index contributed by atoms with van der Waals surface area (Å²) in [5.41, 5.74) is 6.94. The zero-order valence-electron chi connectivity index (χ0n) is 11.3. The number of hydrogen-bond acceptors (Lipinski definition) is 4. The highest BCUT2D eigenvalue weighted by Crippen LogP contribution is 2.32. The van der Waals surface area contributed by atoms with Gasteiger partial charge in [0.05, 0.1) is 22.2 Å². The van der Waals surface area contributed by atoms with Gasteiger partial charge in [-0.25, -0.2) is 13.4 Å². The Morgan fingerprint density at radius 3 is 2.60 bits per heavy atom. The Hall–Kier alpha value is -1.27. The lowest BCUT2D eigenvalue weighted by atomic mass is 10.2. The lowest BCUT2D eigenvalue weighted by molar-refractivity contribution is 0.601. The fraction of sp³-hybridized carbons (Fsp3) is 0.462. The molecule has 0 aliphatic carbocycles. The van der Waals surface area contributed by atoms with Crippen LogP contribution >= 0.6 is 11.6 Å². The maximum Gasteiger partial charge on any atom is 0.177 e. The minimum absolute atomic E-state index is 0.146. The summed E-state index contributed by atoms with van der Waals surface area (Å²) in [6, 6.07) is 5.00. The summed E-state index contributed by atoms with van der Waals surface area (Å²) in [4.78, 5) is 6.59. The van der Waals surface area contributed by atoms with Crippen LogP contribution in [0.4, 0.5) is 11.4 Å². The Morgan fingerprint density at radius 2 is 2.05 bits per heavy atom. The van der Waals surface area contributed by atoms with E-state index in [1.807, 2.05) is 0 Å². The average molecular weight is 316 g/mol. The fourth-order valence-electron chi connectivity index (χ4n) is 2.29. The molecule has 0 bridgehead atoms. The lowest BCUT2D eigenvalue weighted by Gasteiger charge is -2.21. The van der Waals surface area contributed by atoms with Gasteiger partial charge in [0, 0.05) is 19.3 Å². The lowest BCUT2D eigenvalue weighted by Crippen LogP contribution is -2.20. The van der Waals surface area contributed by atoms with E-state index in [0.717, 1.165) is 25.9 Å². The molecular weight excluding hydrogens is 298 g/mol. The van der Waals surface area contributed by atoms with E-state index in [2.05, 4.69) is 9.89 Å². The van der Waals surface area contributed by atoms with Crippen LogP contribution in [0.1, 0.15) is 12.8 Å². The van der Waals surface area contributed by atoms with Gasteiger partial charge in [-0.15, -0.1) is 11.6 Å². The molecule has 0 saturated carbocycles. The predicted molar refractivity (Wildman–Crippen MR) is 83.0 cm³/mol. The fourth-order valence-corrected chi connectivity index (χ4v) is 3.23. The largest absolute Gasteiger partial charge is 0.386 e. The Balaban J connectivity index is 2.50. The molecule has 110 valence electrons. The van der Waals surface area contributed by atoms with Gasteiger partial charge in [-0.1, -0.05) is 0 Å². The first-order valence-electron chi connectivity index (χ1n) is 6.40. The van der Waals surface area contributed by atoms with E-state index in [1.54, 1.807) is 18.2 Å². The molecule has 5 nitrogen and oxygen atoms in total. The Bertz CT molecular complexity index is 623. The third-order valence-corrected chi connectivity index (χ3v) is 4.62. The van der Waals surface area contributed by atoms with Crippen LogP contribution in [0.3, 0.4) is 0 Å². The summed E-state index contributed by atoms with van der Waals surface area (Å²) >= 11 is 5.61. The van der Waals surface area contributed by atoms with E-state index in [0.29, 0.717) is 22.1 Å². The van der Waals surface area contributed by atoms with Crippen molar-refractivity contribution in [1.82, 2.24) is 0 Å². The molecule has 0 unspecified atom stereocenters. The maximum absolute atomic E-state index is 11.9. The number of anilines is 1. The van der Waals surface area contributed by atoms with Crippen LogP contribution in [0.5, 0.6) is 0 Å². The van der Waals surface area contributed by atoms with E-state index in [9.17, 15) is 8.42 Å². The quantitative estimate of drug-likeness (QED) is 0.523. The van der Waals surface area contributed by atoms with E-state index in [4.69, 9.17) is 17.3 Å². The number of aliphatic imine (C=N–C) groups is 1. The standard InChI is InChI=1S/C13H18ClN3O2S/c1-20(18,19)12-5-4-10(16-13(15)9-14)8-11(12)17-6-2-3-7-17/h4-5,8H,2-3,6-7,9H2,1H3,(H2,15,16). The molecule has 1 saturated heterocycles. The van der Waals surface area contributed by atoms with Crippen molar-refractivity contribution in [1.29, 1.82) is 0 Å². The van der Waals surface area contributed by atoms with Crippen LogP contribution in [0, 0.1) is 0 Å². The van der Waals surface area contributed by atoms with Crippen molar-refractivity contribution in [3.8, 4) is 0 Å². The molecule has 0 spiro atoms. The number of benzene rings is 1. The summed E-state index contributed by atoms with van der Waals surface area (Å²) < 4.78 is 23.8. The number of nitrogens with two attached hydrogens (primary N) is 1. The molecule has 20 heavy (non-hydrogen) atoms. The first kappa shape index (κ1) is 15.1. The second-order valence-electron chi connectivity index (χ2n) is 4.86. The normalized spacial score (nSPS) is 16.7. The van der Waals surface area contributed by atoms with E-state index in [-0.39, 0.29) is 5.88 Å². The van der Waals surface area contributed by atoms with Crippen LogP contribution in [-0.2, 0) is 9.84 Å². The van der Waals surface area contributed by atoms with Gasteiger partial charge in [-0.2, -0.15) is 0 Å². The van der Waals surface area contributed by atoms with E-state index < -0.39 is 9.84 Å².